The van der Waals surface area contributed by atoms with Crippen LogP contribution in [0.3, 0.4) is 0 Å². The molecule has 0 saturated heterocycles. The Kier molecular flexibility index (Phi) is 6.79. The van der Waals surface area contributed by atoms with Gasteiger partial charge < -0.3 is 14.8 Å². The molecule has 0 bridgehead atoms. The third-order valence-corrected chi connectivity index (χ3v) is 6.38. The third kappa shape index (κ3) is 5.21. The minimum Gasteiger partial charge on any atom is -0.493 e. The number of hydrogen-bond acceptors (Lipinski definition) is 5. The number of carbonyl (C=O) groups is 1. The van der Waals surface area contributed by atoms with E-state index in [9.17, 15) is 4.79 Å². The molecule has 1 amide bonds. The molecule has 31 heavy (non-hydrogen) atoms. The molecule has 0 aromatic heterocycles. The van der Waals surface area contributed by atoms with E-state index in [-0.39, 0.29) is 5.91 Å². The van der Waals surface area contributed by atoms with Crippen LogP contribution in [-0.4, -0.2) is 38.1 Å². The van der Waals surface area contributed by atoms with Crippen molar-refractivity contribution in [2.75, 3.05) is 32.6 Å². The summed E-state index contributed by atoms with van der Waals surface area (Å²) >= 11 is 1.65. The number of methoxy groups -OCH3 is 2. The van der Waals surface area contributed by atoms with Crippen molar-refractivity contribution in [1.29, 1.82) is 0 Å². The highest BCUT2D eigenvalue weighted by atomic mass is 32.2. The van der Waals surface area contributed by atoms with Crippen molar-refractivity contribution in [2.45, 2.75) is 22.8 Å². The number of anilines is 1. The lowest BCUT2D eigenvalue weighted by molar-refractivity contribution is -0.117. The van der Waals surface area contributed by atoms with Crippen LogP contribution in [0.2, 0.25) is 0 Å². The number of nitrogens with zero attached hydrogens (tertiary/aromatic N) is 1. The molecule has 0 spiro atoms. The maximum atomic E-state index is 12.8. The van der Waals surface area contributed by atoms with Crippen molar-refractivity contribution in [3.63, 3.8) is 0 Å². The Morgan fingerprint density at radius 1 is 0.968 bits per heavy atom. The second kappa shape index (κ2) is 9.90. The maximum absolute atomic E-state index is 12.8. The Labute approximate surface area is 187 Å². The molecule has 1 heterocycles. The third-order valence-electron chi connectivity index (χ3n) is 5.30. The monoisotopic (exact) mass is 434 g/mol. The molecule has 5 nitrogen and oxygen atoms in total. The van der Waals surface area contributed by atoms with Crippen LogP contribution in [0.4, 0.5) is 5.69 Å². The van der Waals surface area contributed by atoms with Crippen LogP contribution in [0, 0.1) is 0 Å². The van der Waals surface area contributed by atoms with E-state index in [0.717, 1.165) is 39.9 Å². The van der Waals surface area contributed by atoms with Gasteiger partial charge in [-0.2, -0.15) is 0 Å². The highest BCUT2D eigenvalue weighted by Crippen LogP contribution is 2.34. The largest absolute Gasteiger partial charge is 0.493 e. The maximum Gasteiger partial charge on any atom is 0.238 e. The zero-order valence-corrected chi connectivity index (χ0v) is 18.6. The van der Waals surface area contributed by atoms with Crippen LogP contribution in [0.25, 0.3) is 0 Å². The first-order chi connectivity index (χ1) is 15.2. The first-order valence-electron chi connectivity index (χ1n) is 10.2. The smallest absolute Gasteiger partial charge is 0.238 e. The molecule has 0 atom stereocenters. The van der Waals surface area contributed by atoms with Crippen LogP contribution in [-0.2, 0) is 17.8 Å². The molecular weight excluding hydrogens is 408 g/mol. The number of carbonyl (C=O) groups excluding carboxylic acids is 1. The van der Waals surface area contributed by atoms with Crippen molar-refractivity contribution >= 4 is 23.4 Å². The first kappa shape index (κ1) is 21.3. The summed E-state index contributed by atoms with van der Waals surface area (Å²) in [5.41, 5.74) is 3.26. The molecule has 3 aromatic rings. The molecule has 6 heteroatoms. The van der Waals surface area contributed by atoms with E-state index in [1.165, 1.54) is 11.1 Å². The van der Waals surface area contributed by atoms with E-state index in [1.54, 1.807) is 26.0 Å². The predicted molar refractivity (Wildman–Crippen MR) is 124 cm³/mol. The number of nitrogens with one attached hydrogen (secondary N) is 1. The van der Waals surface area contributed by atoms with Crippen LogP contribution >= 0.6 is 11.8 Å². The van der Waals surface area contributed by atoms with E-state index in [2.05, 4.69) is 22.3 Å². The summed E-state index contributed by atoms with van der Waals surface area (Å²) in [6.45, 7) is 1.89. The number of fused-ring (bicyclic) bond motifs is 1. The van der Waals surface area contributed by atoms with Crippen molar-refractivity contribution in [2.24, 2.45) is 0 Å². The summed E-state index contributed by atoms with van der Waals surface area (Å²) in [5, 5.41) is 3.10. The zero-order valence-electron chi connectivity index (χ0n) is 17.8. The molecule has 0 aliphatic carbocycles. The fraction of sp³-hybridized carbons (Fsp3) is 0.240. The van der Waals surface area contributed by atoms with Gasteiger partial charge in [-0.1, -0.05) is 42.1 Å². The highest BCUT2D eigenvalue weighted by Gasteiger charge is 2.21. The van der Waals surface area contributed by atoms with Crippen LogP contribution in [0.1, 0.15) is 11.1 Å². The number of rotatable bonds is 7. The van der Waals surface area contributed by atoms with Gasteiger partial charge in [0.1, 0.15) is 0 Å². The molecule has 3 aromatic carbocycles. The number of amides is 1. The van der Waals surface area contributed by atoms with E-state index in [0.29, 0.717) is 13.1 Å². The van der Waals surface area contributed by atoms with E-state index >= 15 is 0 Å². The SMILES string of the molecule is COc1cc2c(cc1OC)CN(CC(=O)Nc1ccccc1Sc1ccccc1)CC2. The molecule has 0 fully saturated rings. The van der Waals surface area contributed by atoms with Crippen molar-refractivity contribution in [1.82, 2.24) is 4.90 Å². The molecule has 1 aliphatic rings. The van der Waals surface area contributed by atoms with Gasteiger partial charge in [0.25, 0.3) is 0 Å². The molecule has 160 valence electrons. The van der Waals surface area contributed by atoms with Gasteiger partial charge in [-0.15, -0.1) is 0 Å². The fourth-order valence-corrected chi connectivity index (χ4v) is 4.67. The highest BCUT2D eigenvalue weighted by molar-refractivity contribution is 7.99. The lowest BCUT2D eigenvalue weighted by Gasteiger charge is -2.29. The summed E-state index contributed by atoms with van der Waals surface area (Å²) in [4.78, 5) is 17.1. The minimum atomic E-state index is -0.00922. The van der Waals surface area contributed by atoms with Gasteiger partial charge in [0, 0.05) is 22.9 Å². The standard InChI is InChI=1S/C25H26N2O3S/c1-29-22-14-18-12-13-27(16-19(18)15-23(22)30-2)17-25(28)26-21-10-6-7-11-24(21)31-20-8-4-3-5-9-20/h3-11,14-15H,12-13,16-17H2,1-2H3,(H,26,28). The number of ether oxygens (including phenoxy) is 2. The quantitative estimate of drug-likeness (QED) is 0.576. The summed E-state index contributed by atoms with van der Waals surface area (Å²) in [6.07, 6.45) is 0.878. The lowest BCUT2D eigenvalue weighted by Crippen LogP contribution is -2.37. The van der Waals surface area contributed by atoms with Crippen LogP contribution < -0.4 is 14.8 Å². The molecular formula is C25H26N2O3S. The second-order valence-corrected chi connectivity index (χ2v) is 8.51. The van der Waals surface area contributed by atoms with Gasteiger partial charge in [0.2, 0.25) is 5.91 Å². The van der Waals surface area contributed by atoms with Crippen molar-refractivity contribution in [3.05, 3.63) is 77.9 Å². The van der Waals surface area contributed by atoms with Gasteiger partial charge in [0.15, 0.2) is 11.5 Å². The Hall–Kier alpha value is -2.96. The number of para-hydroxylation sites is 1. The number of benzene rings is 3. The number of hydrogen-bond donors (Lipinski definition) is 1. The average Bonchev–Trinajstić information content (AvgIpc) is 2.80. The summed E-state index contributed by atoms with van der Waals surface area (Å²) < 4.78 is 10.8. The minimum absolute atomic E-state index is 0.00922. The van der Waals surface area contributed by atoms with Gasteiger partial charge in [0.05, 0.1) is 26.5 Å². The summed E-state index contributed by atoms with van der Waals surface area (Å²) in [7, 11) is 3.29. The van der Waals surface area contributed by atoms with Gasteiger partial charge >= 0.3 is 0 Å². The Balaban J connectivity index is 1.41. The molecule has 0 radical (unpaired) electrons. The summed E-state index contributed by atoms with van der Waals surface area (Å²) in [6, 6.07) is 22.1. The molecule has 0 unspecified atom stereocenters. The normalized spacial score (nSPS) is 13.4. The lowest BCUT2D eigenvalue weighted by atomic mass is 9.99. The zero-order chi connectivity index (χ0) is 21.6. The molecule has 1 N–H and O–H groups in total. The topological polar surface area (TPSA) is 50.8 Å². The van der Waals surface area contributed by atoms with Gasteiger partial charge in [-0.05, 0) is 53.9 Å². The molecule has 0 saturated carbocycles. The molecule has 1 aliphatic heterocycles. The van der Waals surface area contributed by atoms with E-state index < -0.39 is 0 Å². The summed E-state index contributed by atoms with van der Waals surface area (Å²) in [5.74, 6) is 1.46. The second-order valence-electron chi connectivity index (χ2n) is 7.40. The van der Waals surface area contributed by atoms with Gasteiger partial charge in [-0.3, -0.25) is 9.69 Å². The van der Waals surface area contributed by atoms with Gasteiger partial charge in [-0.25, -0.2) is 0 Å². The van der Waals surface area contributed by atoms with E-state index in [4.69, 9.17) is 9.47 Å². The first-order valence-corrected chi connectivity index (χ1v) is 11.1. The Morgan fingerprint density at radius 2 is 1.65 bits per heavy atom. The van der Waals surface area contributed by atoms with E-state index in [1.807, 2.05) is 54.6 Å². The molecule has 4 rings (SSSR count). The average molecular weight is 435 g/mol. The van der Waals surface area contributed by atoms with Crippen LogP contribution in [0.5, 0.6) is 11.5 Å². The predicted octanol–water partition coefficient (Wildman–Crippen LogP) is 4.85. The Morgan fingerprint density at radius 3 is 2.39 bits per heavy atom. The van der Waals surface area contributed by atoms with Crippen LogP contribution in [0.15, 0.2) is 76.5 Å². The Bertz CT molecular complexity index is 1060. The van der Waals surface area contributed by atoms with Crippen molar-refractivity contribution < 1.29 is 14.3 Å². The van der Waals surface area contributed by atoms with Crippen molar-refractivity contribution in [3.8, 4) is 11.5 Å². The fourth-order valence-electron chi connectivity index (χ4n) is 3.74.